The van der Waals surface area contributed by atoms with Crippen LogP contribution in [0.5, 0.6) is 0 Å². The molecule has 3 heterocycles. The summed E-state index contributed by atoms with van der Waals surface area (Å²) in [6, 6.07) is 8.09. The summed E-state index contributed by atoms with van der Waals surface area (Å²) in [4.78, 5) is 17.0. The number of carbonyl (C=O) groups is 1. The average Bonchev–Trinajstić information content (AvgIpc) is 3.24. The standard InChI is InChI=1S/C21H29N5O2/c1-2-26-15-17(14-22-26)20-16-25(11-12-28-20)21(27)23-18-7-6-8-19(13-18)24-9-4-3-5-10-24/h6-8,13-15,20H,2-5,9-12,16H2,1H3,(H,23,27). The van der Waals surface area contributed by atoms with Crippen LogP contribution in [-0.4, -0.2) is 53.5 Å². The number of nitrogens with one attached hydrogen (secondary N) is 1. The lowest BCUT2D eigenvalue weighted by molar-refractivity contribution is -0.0135. The van der Waals surface area contributed by atoms with Crippen molar-refractivity contribution >= 4 is 17.4 Å². The summed E-state index contributed by atoms with van der Waals surface area (Å²) in [6.45, 7) is 6.72. The van der Waals surface area contributed by atoms with Gasteiger partial charge in [0, 0.05) is 49.3 Å². The number of carbonyl (C=O) groups excluding carboxylic acids is 1. The van der Waals surface area contributed by atoms with Gasteiger partial charge in [-0.3, -0.25) is 4.68 Å². The Labute approximate surface area is 166 Å². The van der Waals surface area contributed by atoms with Crippen LogP contribution >= 0.6 is 0 Å². The van der Waals surface area contributed by atoms with Gasteiger partial charge in [0.15, 0.2) is 0 Å². The SMILES string of the molecule is CCn1cc(C2CN(C(=O)Nc3cccc(N4CCCCC4)c3)CCO2)cn1. The first kappa shape index (κ1) is 18.8. The van der Waals surface area contributed by atoms with E-state index in [9.17, 15) is 4.79 Å². The first-order chi connectivity index (χ1) is 13.7. The fraction of sp³-hybridized carbons (Fsp3) is 0.524. The number of hydrogen-bond acceptors (Lipinski definition) is 4. The van der Waals surface area contributed by atoms with Gasteiger partial charge in [-0.05, 0) is 44.4 Å². The molecule has 2 saturated heterocycles. The normalized spacial score (nSPS) is 20.2. The maximum atomic E-state index is 12.8. The molecule has 7 nitrogen and oxygen atoms in total. The van der Waals surface area contributed by atoms with E-state index in [2.05, 4.69) is 34.4 Å². The minimum absolute atomic E-state index is 0.0769. The number of benzene rings is 1. The van der Waals surface area contributed by atoms with Crippen LogP contribution in [0.3, 0.4) is 0 Å². The largest absolute Gasteiger partial charge is 0.371 e. The molecule has 1 N–H and O–H groups in total. The fourth-order valence-electron chi connectivity index (χ4n) is 3.89. The summed E-state index contributed by atoms with van der Waals surface area (Å²) in [6.07, 6.45) is 7.48. The number of rotatable bonds is 4. The predicted molar refractivity (Wildman–Crippen MR) is 110 cm³/mol. The van der Waals surface area contributed by atoms with E-state index < -0.39 is 0 Å². The molecule has 0 bridgehead atoms. The van der Waals surface area contributed by atoms with Crippen molar-refractivity contribution in [2.75, 3.05) is 43.0 Å². The van der Waals surface area contributed by atoms with Gasteiger partial charge in [0.25, 0.3) is 0 Å². The second-order valence-electron chi connectivity index (χ2n) is 7.46. The third-order valence-electron chi connectivity index (χ3n) is 5.52. The summed E-state index contributed by atoms with van der Waals surface area (Å²) >= 11 is 0. The molecule has 0 aliphatic carbocycles. The van der Waals surface area contributed by atoms with E-state index in [4.69, 9.17) is 4.74 Å². The van der Waals surface area contributed by atoms with Gasteiger partial charge in [-0.25, -0.2) is 4.79 Å². The van der Waals surface area contributed by atoms with Crippen molar-refractivity contribution in [3.63, 3.8) is 0 Å². The monoisotopic (exact) mass is 383 g/mol. The molecule has 2 aromatic rings. The lowest BCUT2D eigenvalue weighted by atomic mass is 10.1. The Hall–Kier alpha value is -2.54. The molecule has 2 amide bonds. The van der Waals surface area contributed by atoms with E-state index in [0.717, 1.165) is 30.9 Å². The summed E-state index contributed by atoms with van der Waals surface area (Å²) in [5, 5.41) is 7.38. The zero-order valence-corrected chi connectivity index (χ0v) is 16.5. The van der Waals surface area contributed by atoms with Gasteiger partial charge in [0.1, 0.15) is 6.10 Å². The van der Waals surface area contributed by atoms with Crippen molar-refractivity contribution in [1.82, 2.24) is 14.7 Å². The average molecular weight is 383 g/mol. The Morgan fingerprint density at radius 3 is 2.89 bits per heavy atom. The summed E-state index contributed by atoms with van der Waals surface area (Å²) in [5.41, 5.74) is 3.05. The van der Waals surface area contributed by atoms with Gasteiger partial charge in [-0.15, -0.1) is 0 Å². The molecule has 1 aromatic carbocycles. The second-order valence-corrected chi connectivity index (χ2v) is 7.46. The minimum Gasteiger partial charge on any atom is -0.371 e. The van der Waals surface area contributed by atoms with Gasteiger partial charge >= 0.3 is 6.03 Å². The summed E-state index contributed by atoms with van der Waals surface area (Å²) < 4.78 is 7.75. The lowest BCUT2D eigenvalue weighted by Crippen LogP contribution is -2.44. The smallest absolute Gasteiger partial charge is 0.322 e. The molecule has 0 spiro atoms. The molecule has 7 heteroatoms. The van der Waals surface area contributed by atoms with Crippen LogP contribution in [0.1, 0.15) is 37.9 Å². The van der Waals surface area contributed by atoms with Crippen molar-refractivity contribution in [1.29, 1.82) is 0 Å². The van der Waals surface area contributed by atoms with E-state index in [1.54, 1.807) is 0 Å². The fourth-order valence-corrected chi connectivity index (χ4v) is 3.89. The molecular formula is C21H29N5O2. The number of nitrogens with zero attached hydrogens (tertiary/aromatic N) is 4. The maximum Gasteiger partial charge on any atom is 0.322 e. The second kappa shape index (κ2) is 8.65. The van der Waals surface area contributed by atoms with Crippen molar-refractivity contribution in [3.8, 4) is 0 Å². The summed E-state index contributed by atoms with van der Waals surface area (Å²) in [5.74, 6) is 0. The number of morpholine rings is 1. The zero-order valence-electron chi connectivity index (χ0n) is 16.5. The topological polar surface area (TPSA) is 62.6 Å². The van der Waals surface area contributed by atoms with Gasteiger partial charge in [-0.1, -0.05) is 6.07 Å². The number of urea groups is 1. The first-order valence-electron chi connectivity index (χ1n) is 10.3. The third-order valence-corrected chi connectivity index (χ3v) is 5.52. The van der Waals surface area contributed by atoms with Crippen LogP contribution < -0.4 is 10.2 Å². The Morgan fingerprint density at radius 2 is 2.11 bits per heavy atom. The molecule has 28 heavy (non-hydrogen) atoms. The highest BCUT2D eigenvalue weighted by molar-refractivity contribution is 5.90. The molecule has 1 atom stereocenters. The Balaban J connectivity index is 1.39. The lowest BCUT2D eigenvalue weighted by Gasteiger charge is -2.33. The van der Waals surface area contributed by atoms with Crippen molar-refractivity contribution in [3.05, 3.63) is 42.2 Å². The van der Waals surface area contributed by atoms with Crippen LogP contribution in [0.2, 0.25) is 0 Å². The molecule has 2 fully saturated rings. The molecular weight excluding hydrogens is 354 g/mol. The van der Waals surface area contributed by atoms with Gasteiger partial charge in [0.05, 0.1) is 19.3 Å². The van der Waals surface area contributed by atoms with Crippen LogP contribution in [0.25, 0.3) is 0 Å². The Kier molecular flexibility index (Phi) is 5.81. The van der Waals surface area contributed by atoms with Crippen molar-refractivity contribution in [2.45, 2.75) is 38.8 Å². The third kappa shape index (κ3) is 4.30. The van der Waals surface area contributed by atoms with E-state index in [0.29, 0.717) is 19.7 Å². The Bertz CT molecular complexity index is 800. The number of piperidine rings is 1. The highest BCUT2D eigenvalue weighted by Gasteiger charge is 2.26. The quantitative estimate of drug-likeness (QED) is 0.878. The van der Waals surface area contributed by atoms with E-state index in [-0.39, 0.29) is 12.1 Å². The number of anilines is 2. The zero-order chi connectivity index (χ0) is 19.3. The van der Waals surface area contributed by atoms with E-state index >= 15 is 0 Å². The van der Waals surface area contributed by atoms with Crippen LogP contribution in [-0.2, 0) is 11.3 Å². The van der Waals surface area contributed by atoms with Crippen molar-refractivity contribution in [2.24, 2.45) is 0 Å². The number of ether oxygens (including phenoxy) is 1. The minimum atomic E-state index is -0.125. The van der Waals surface area contributed by atoms with Crippen molar-refractivity contribution < 1.29 is 9.53 Å². The van der Waals surface area contributed by atoms with Crippen LogP contribution in [0, 0.1) is 0 Å². The summed E-state index contributed by atoms with van der Waals surface area (Å²) in [7, 11) is 0. The number of aryl methyl sites for hydroxylation is 1. The molecule has 150 valence electrons. The maximum absolute atomic E-state index is 12.8. The number of aromatic nitrogens is 2. The molecule has 4 rings (SSSR count). The van der Waals surface area contributed by atoms with E-state index in [1.165, 1.54) is 24.9 Å². The Morgan fingerprint density at radius 1 is 1.25 bits per heavy atom. The molecule has 0 saturated carbocycles. The van der Waals surface area contributed by atoms with Gasteiger partial charge in [-0.2, -0.15) is 5.10 Å². The number of amides is 2. The number of hydrogen-bond donors (Lipinski definition) is 1. The van der Waals surface area contributed by atoms with Gasteiger partial charge in [0.2, 0.25) is 0 Å². The highest BCUT2D eigenvalue weighted by atomic mass is 16.5. The molecule has 2 aliphatic heterocycles. The first-order valence-corrected chi connectivity index (χ1v) is 10.3. The van der Waals surface area contributed by atoms with Crippen LogP contribution in [0.15, 0.2) is 36.7 Å². The van der Waals surface area contributed by atoms with Gasteiger partial charge < -0.3 is 19.9 Å². The molecule has 1 aromatic heterocycles. The highest BCUT2D eigenvalue weighted by Crippen LogP contribution is 2.25. The van der Waals surface area contributed by atoms with Crippen LogP contribution in [0.4, 0.5) is 16.2 Å². The van der Waals surface area contributed by atoms with E-state index in [1.807, 2.05) is 34.1 Å². The molecule has 2 aliphatic rings. The molecule has 1 unspecified atom stereocenters. The molecule has 0 radical (unpaired) electrons. The predicted octanol–water partition coefficient (Wildman–Crippen LogP) is 3.50.